The lowest BCUT2D eigenvalue weighted by Gasteiger charge is -2.04. The van der Waals surface area contributed by atoms with Gasteiger partial charge in [0.2, 0.25) is 0 Å². The second-order valence-electron chi connectivity index (χ2n) is 3.32. The molecule has 2 aromatic rings. The predicted molar refractivity (Wildman–Crippen MR) is 64.7 cm³/mol. The van der Waals surface area contributed by atoms with Crippen LogP contribution in [0.5, 0.6) is 0 Å². The van der Waals surface area contributed by atoms with E-state index in [0.717, 1.165) is 0 Å². The Hall–Kier alpha value is -1.47. The lowest BCUT2D eigenvalue weighted by Crippen LogP contribution is -2.03. The summed E-state index contributed by atoms with van der Waals surface area (Å²) in [6.07, 6.45) is 1.60. The second-order valence-corrected chi connectivity index (χ2v) is 5.31. The molecular weight excluding hydrogens is 258 g/mol. The summed E-state index contributed by atoms with van der Waals surface area (Å²) in [7, 11) is 0. The average Bonchev–Trinajstić information content (AvgIpc) is 2.63. The van der Waals surface area contributed by atoms with Gasteiger partial charge in [-0.1, -0.05) is 0 Å². The maximum Gasteiger partial charge on any atom is 0.338 e. The van der Waals surface area contributed by atoms with E-state index in [4.69, 9.17) is 5.11 Å². The summed E-state index contributed by atoms with van der Waals surface area (Å²) in [4.78, 5) is 19.4. The van der Waals surface area contributed by atoms with Gasteiger partial charge in [-0.15, -0.1) is 0 Å². The van der Waals surface area contributed by atoms with Crippen LogP contribution < -0.4 is 0 Å². The highest BCUT2D eigenvalue weighted by molar-refractivity contribution is 8.01. The number of aryl methyl sites for hydroxylation is 2. The minimum atomic E-state index is -0.973. The molecule has 0 aliphatic heterocycles. The number of carboxylic acid groups (broad SMARTS) is 1. The highest BCUT2D eigenvalue weighted by Gasteiger charge is 2.16. The molecule has 2 rings (SSSR count). The number of nitrogens with zero attached hydrogens (tertiary/aromatic N) is 3. The molecule has 0 aliphatic carbocycles. The normalized spacial score (nSPS) is 10.5. The van der Waals surface area contributed by atoms with Gasteiger partial charge in [0.05, 0.1) is 5.56 Å². The molecule has 1 N–H and O–H groups in total. The van der Waals surface area contributed by atoms with Crippen LogP contribution in [-0.2, 0) is 0 Å². The molecule has 2 heterocycles. The van der Waals surface area contributed by atoms with Crippen LogP contribution in [0.25, 0.3) is 0 Å². The monoisotopic (exact) mass is 267 g/mol. The quantitative estimate of drug-likeness (QED) is 0.920. The van der Waals surface area contributed by atoms with Gasteiger partial charge in [0, 0.05) is 6.20 Å². The van der Waals surface area contributed by atoms with Gasteiger partial charge in [0.1, 0.15) is 10.9 Å². The Morgan fingerprint density at radius 1 is 1.47 bits per heavy atom. The zero-order valence-electron chi connectivity index (χ0n) is 9.17. The molecule has 0 aliphatic rings. The van der Waals surface area contributed by atoms with E-state index in [1.54, 1.807) is 26.1 Å². The maximum absolute atomic E-state index is 11.2. The molecule has 7 heteroatoms. The third-order valence-corrected chi connectivity index (χ3v) is 3.88. The molecule has 0 bridgehead atoms. The lowest BCUT2D eigenvalue weighted by molar-refractivity contribution is 0.0691. The fourth-order valence-corrected chi connectivity index (χ4v) is 3.00. The van der Waals surface area contributed by atoms with Crippen molar-refractivity contribution < 1.29 is 9.90 Å². The van der Waals surface area contributed by atoms with E-state index in [2.05, 4.69) is 14.3 Å². The molecule has 0 fully saturated rings. The molecule has 0 amide bonds. The van der Waals surface area contributed by atoms with E-state index in [1.807, 2.05) is 0 Å². The Labute approximate surface area is 106 Å². The van der Waals surface area contributed by atoms with Crippen LogP contribution in [0.3, 0.4) is 0 Å². The minimum Gasteiger partial charge on any atom is -0.478 e. The van der Waals surface area contributed by atoms with Gasteiger partial charge in [-0.25, -0.2) is 14.8 Å². The van der Waals surface area contributed by atoms with Crippen LogP contribution in [0.1, 0.15) is 21.7 Å². The summed E-state index contributed by atoms with van der Waals surface area (Å²) in [5, 5.41) is 9.60. The first-order valence-electron chi connectivity index (χ1n) is 4.75. The molecule has 0 spiro atoms. The van der Waals surface area contributed by atoms with Gasteiger partial charge in [0.15, 0.2) is 4.34 Å². The van der Waals surface area contributed by atoms with Crippen molar-refractivity contribution >= 4 is 29.3 Å². The van der Waals surface area contributed by atoms with E-state index >= 15 is 0 Å². The van der Waals surface area contributed by atoms with E-state index < -0.39 is 5.97 Å². The average molecular weight is 267 g/mol. The van der Waals surface area contributed by atoms with Gasteiger partial charge in [-0.05, 0) is 48.8 Å². The first-order chi connectivity index (χ1) is 8.08. The summed E-state index contributed by atoms with van der Waals surface area (Å²) in [6.45, 7) is 3.54. The molecule has 5 nitrogen and oxygen atoms in total. The summed E-state index contributed by atoms with van der Waals surface area (Å²) >= 11 is 2.47. The van der Waals surface area contributed by atoms with Crippen molar-refractivity contribution in [2.24, 2.45) is 0 Å². The number of aromatic carboxylic acids is 1. The Morgan fingerprint density at radius 3 is 2.82 bits per heavy atom. The van der Waals surface area contributed by atoms with E-state index in [9.17, 15) is 4.79 Å². The molecule has 0 saturated heterocycles. The van der Waals surface area contributed by atoms with Crippen molar-refractivity contribution in [2.75, 3.05) is 0 Å². The molecular formula is C10H9N3O2S2. The van der Waals surface area contributed by atoms with Crippen molar-refractivity contribution in [2.45, 2.75) is 23.2 Å². The second kappa shape index (κ2) is 4.80. The lowest BCUT2D eigenvalue weighted by atomic mass is 10.2. The van der Waals surface area contributed by atoms with Crippen molar-refractivity contribution in [3.05, 3.63) is 29.2 Å². The zero-order valence-corrected chi connectivity index (χ0v) is 10.8. The van der Waals surface area contributed by atoms with Crippen LogP contribution in [0.2, 0.25) is 0 Å². The van der Waals surface area contributed by atoms with Crippen LogP contribution in [0, 0.1) is 13.8 Å². The van der Waals surface area contributed by atoms with Crippen LogP contribution in [-0.4, -0.2) is 25.4 Å². The highest BCUT2D eigenvalue weighted by Crippen LogP contribution is 2.30. The number of aromatic nitrogens is 3. The Kier molecular flexibility index (Phi) is 3.39. The summed E-state index contributed by atoms with van der Waals surface area (Å²) in [6, 6.07) is 1.68. The third-order valence-electron chi connectivity index (χ3n) is 2.03. The molecule has 17 heavy (non-hydrogen) atoms. The Bertz CT molecular complexity index is 568. The SMILES string of the molecule is Cc1nsc(Sc2nccc(C)c2C(=O)O)n1. The number of carboxylic acids is 1. The third kappa shape index (κ3) is 2.62. The molecule has 0 radical (unpaired) electrons. The number of hydrogen-bond acceptors (Lipinski definition) is 6. The topological polar surface area (TPSA) is 76.0 Å². The Morgan fingerprint density at radius 2 is 2.24 bits per heavy atom. The largest absolute Gasteiger partial charge is 0.478 e. The van der Waals surface area contributed by atoms with E-state index in [0.29, 0.717) is 20.8 Å². The molecule has 2 aromatic heterocycles. The van der Waals surface area contributed by atoms with Crippen molar-refractivity contribution in [3.63, 3.8) is 0 Å². The van der Waals surface area contributed by atoms with E-state index in [-0.39, 0.29) is 5.56 Å². The number of rotatable bonds is 3. The number of pyridine rings is 1. The van der Waals surface area contributed by atoms with Crippen molar-refractivity contribution in [3.8, 4) is 0 Å². The van der Waals surface area contributed by atoms with Gasteiger partial charge in [-0.2, -0.15) is 4.37 Å². The van der Waals surface area contributed by atoms with Gasteiger partial charge < -0.3 is 5.11 Å². The first kappa shape index (κ1) is 12.0. The van der Waals surface area contributed by atoms with Gasteiger partial charge >= 0.3 is 5.97 Å². The van der Waals surface area contributed by atoms with Crippen LogP contribution in [0.15, 0.2) is 21.6 Å². The van der Waals surface area contributed by atoms with Crippen molar-refractivity contribution in [1.29, 1.82) is 0 Å². The zero-order chi connectivity index (χ0) is 12.4. The smallest absolute Gasteiger partial charge is 0.338 e. The van der Waals surface area contributed by atoms with Gasteiger partial charge in [-0.3, -0.25) is 0 Å². The predicted octanol–water partition coefficient (Wildman–Crippen LogP) is 2.40. The number of carbonyl (C=O) groups is 1. The molecule has 88 valence electrons. The van der Waals surface area contributed by atoms with Crippen molar-refractivity contribution in [1.82, 2.24) is 14.3 Å². The molecule has 0 saturated carbocycles. The molecule has 0 aromatic carbocycles. The summed E-state index contributed by atoms with van der Waals surface area (Å²) in [5.41, 5.74) is 0.918. The minimum absolute atomic E-state index is 0.227. The fourth-order valence-electron chi connectivity index (χ4n) is 1.27. The van der Waals surface area contributed by atoms with Crippen LogP contribution in [0.4, 0.5) is 0 Å². The first-order valence-corrected chi connectivity index (χ1v) is 6.34. The van der Waals surface area contributed by atoms with E-state index in [1.165, 1.54) is 23.3 Å². The number of hydrogen-bond donors (Lipinski definition) is 1. The van der Waals surface area contributed by atoms with Gasteiger partial charge in [0.25, 0.3) is 0 Å². The fraction of sp³-hybridized carbons (Fsp3) is 0.200. The standard InChI is InChI=1S/C10H9N3O2S2/c1-5-3-4-11-8(7(5)9(14)15)16-10-12-6(2)13-17-10/h3-4H,1-2H3,(H,14,15). The van der Waals surface area contributed by atoms with Crippen LogP contribution >= 0.6 is 23.3 Å². The summed E-state index contributed by atoms with van der Waals surface area (Å²) < 4.78 is 4.74. The Balaban J connectivity index is 2.39. The maximum atomic E-state index is 11.2. The molecule has 0 atom stereocenters. The highest BCUT2D eigenvalue weighted by atomic mass is 32.2. The molecule has 0 unspecified atom stereocenters. The summed E-state index contributed by atoms with van der Waals surface area (Å²) in [5.74, 6) is -0.290.